The molecule has 1 fully saturated rings. The molecule has 0 saturated carbocycles. The quantitative estimate of drug-likeness (QED) is 0.765. The van der Waals surface area contributed by atoms with Crippen LogP contribution in [0.2, 0.25) is 0 Å². The van der Waals surface area contributed by atoms with E-state index in [0.717, 1.165) is 19.6 Å². The Morgan fingerprint density at radius 2 is 2.25 bits per heavy atom. The van der Waals surface area contributed by atoms with Gasteiger partial charge in [-0.25, -0.2) is 0 Å². The molecule has 0 aliphatic carbocycles. The zero-order valence-corrected chi connectivity index (χ0v) is 11.3. The summed E-state index contributed by atoms with van der Waals surface area (Å²) in [6, 6.07) is 10.9. The van der Waals surface area contributed by atoms with Crippen molar-refractivity contribution in [2.45, 2.75) is 18.9 Å². The van der Waals surface area contributed by atoms with E-state index in [4.69, 9.17) is 0 Å². The molecule has 0 spiro atoms. The number of rotatable bonds is 3. The van der Waals surface area contributed by atoms with Crippen molar-refractivity contribution < 1.29 is 0 Å². The fourth-order valence-electron chi connectivity index (χ4n) is 3.18. The van der Waals surface area contributed by atoms with E-state index in [9.17, 15) is 0 Å². The van der Waals surface area contributed by atoms with E-state index in [2.05, 4.69) is 50.4 Å². The van der Waals surface area contributed by atoms with E-state index in [1.165, 1.54) is 28.6 Å². The molecule has 1 saturated heterocycles. The minimum Gasteiger partial charge on any atom is -0.361 e. The molecule has 3 heterocycles. The van der Waals surface area contributed by atoms with Crippen LogP contribution in [-0.2, 0) is 6.54 Å². The molecule has 0 bridgehead atoms. The van der Waals surface area contributed by atoms with Crippen LogP contribution in [0.4, 0.5) is 0 Å². The molecule has 1 aliphatic heterocycles. The molecule has 2 aromatic heterocycles. The third-order valence-corrected chi connectivity index (χ3v) is 4.26. The van der Waals surface area contributed by atoms with Gasteiger partial charge in [0.25, 0.3) is 0 Å². The molecule has 3 aromatic rings. The fraction of sp³-hybridized carbons (Fsp3) is 0.312. The number of nitrogens with one attached hydrogen (secondary N) is 2. The van der Waals surface area contributed by atoms with Gasteiger partial charge in [0.2, 0.25) is 0 Å². The maximum atomic E-state index is 4.06. The summed E-state index contributed by atoms with van der Waals surface area (Å²) in [5.74, 6) is 0.603. The van der Waals surface area contributed by atoms with Crippen LogP contribution in [0.25, 0.3) is 10.9 Å². The smallest absolute Gasteiger partial charge is 0.0490 e. The van der Waals surface area contributed by atoms with Crippen molar-refractivity contribution in [1.29, 1.82) is 0 Å². The van der Waals surface area contributed by atoms with Crippen LogP contribution in [0.3, 0.4) is 0 Å². The van der Waals surface area contributed by atoms with Gasteiger partial charge >= 0.3 is 0 Å². The van der Waals surface area contributed by atoms with Crippen molar-refractivity contribution in [2.24, 2.45) is 0 Å². The van der Waals surface area contributed by atoms with Crippen molar-refractivity contribution in [1.82, 2.24) is 20.1 Å². The van der Waals surface area contributed by atoms with Gasteiger partial charge in [-0.2, -0.15) is 5.10 Å². The van der Waals surface area contributed by atoms with E-state index in [-0.39, 0.29) is 0 Å². The number of H-pyrrole nitrogens is 2. The number of likely N-dealkylation sites (tertiary alicyclic amines) is 1. The average molecular weight is 266 g/mol. The Morgan fingerprint density at radius 1 is 1.25 bits per heavy atom. The van der Waals surface area contributed by atoms with Gasteiger partial charge < -0.3 is 4.98 Å². The van der Waals surface area contributed by atoms with Crippen LogP contribution in [0, 0.1) is 0 Å². The summed E-state index contributed by atoms with van der Waals surface area (Å²) >= 11 is 0. The summed E-state index contributed by atoms with van der Waals surface area (Å²) in [5.41, 5.74) is 3.88. The number of aromatic amines is 2. The standard InChI is InChI=1S/C16H18N4/c1-2-13-3-6-17-16(13)9-12(1)10-20-8-5-14(11-20)15-4-7-18-19-15/h1-4,6-7,9,14,17H,5,8,10-11H2,(H,18,19)/t14-/m0/s1. The maximum absolute atomic E-state index is 4.06. The Kier molecular flexibility index (Phi) is 2.81. The minimum atomic E-state index is 0.603. The molecular formula is C16H18N4. The van der Waals surface area contributed by atoms with Gasteiger partial charge in [0.1, 0.15) is 0 Å². The first-order valence-corrected chi connectivity index (χ1v) is 7.16. The summed E-state index contributed by atoms with van der Waals surface area (Å²) in [4.78, 5) is 5.81. The molecule has 1 atom stereocenters. The second-order valence-electron chi connectivity index (χ2n) is 5.63. The van der Waals surface area contributed by atoms with Gasteiger partial charge in [-0.05, 0) is 42.1 Å². The van der Waals surface area contributed by atoms with Crippen LogP contribution in [0.5, 0.6) is 0 Å². The van der Waals surface area contributed by atoms with Gasteiger partial charge in [-0.3, -0.25) is 10.00 Å². The number of nitrogens with zero attached hydrogens (tertiary/aromatic N) is 2. The van der Waals surface area contributed by atoms with Gasteiger partial charge in [0.05, 0.1) is 0 Å². The van der Waals surface area contributed by atoms with Crippen LogP contribution in [0.15, 0.2) is 42.7 Å². The summed E-state index contributed by atoms with van der Waals surface area (Å²) in [5, 5.41) is 8.44. The fourth-order valence-corrected chi connectivity index (χ4v) is 3.18. The summed E-state index contributed by atoms with van der Waals surface area (Å²) in [7, 11) is 0. The Bertz CT molecular complexity index is 698. The SMILES string of the molecule is c1cc([C@H]2CCN(Cc3ccc4cc[nH]c4c3)C2)[nH]n1. The lowest BCUT2D eigenvalue weighted by atomic mass is 10.1. The van der Waals surface area contributed by atoms with Gasteiger partial charge in [-0.15, -0.1) is 0 Å². The normalized spacial score (nSPS) is 19.9. The summed E-state index contributed by atoms with van der Waals surface area (Å²) in [6.45, 7) is 3.30. The highest BCUT2D eigenvalue weighted by Crippen LogP contribution is 2.27. The predicted molar refractivity (Wildman–Crippen MR) is 79.5 cm³/mol. The Morgan fingerprint density at radius 3 is 3.15 bits per heavy atom. The number of hydrogen-bond acceptors (Lipinski definition) is 2. The van der Waals surface area contributed by atoms with Crippen LogP contribution in [0.1, 0.15) is 23.6 Å². The maximum Gasteiger partial charge on any atom is 0.0490 e. The number of hydrogen-bond donors (Lipinski definition) is 2. The average Bonchev–Trinajstić information content (AvgIpc) is 3.19. The molecule has 102 valence electrons. The monoisotopic (exact) mass is 266 g/mol. The second kappa shape index (κ2) is 4.80. The molecule has 4 heteroatoms. The highest BCUT2D eigenvalue weighted by atomic mass is 15.2. The van der Waals surface area contributed by atoms with Crippen molar-refractivity contribution >= 4 is 10.9 Å². The van der Waals surface area contributed by atoms with Gasteiger partial charge in [0.15, 0.2) is 0 Å². The highest BCUT2D eigenvalue weighted by molar-refractivity contribution is 5.79. The third-order valence-electron chi connectivity index (χ3n) is 4.26. The molecule has 0 radical (unpaired) electrons. The van der Waals surface area contributed by atoms with Crippen molar-refractivity contribution in [3.8, 4) is 0 Å². The topological polar surface area (TPSA) is 47.7 Å². The van der Waals surface area contributed by atoms with E-state index in [0.29, 0.717) is 5.92 Å². The zero-order valence-electron chi connectivity index (χ0n) is 11.3. The lowest BCUT2D eigenvalue weighted by Crippen LogP contribution is -2.19. The molecule has 1 aliphatic rings. The van der Waals surface area contributed by atoms with E-state index < -0.39 is 0 Å². The first-order valence-electron chi connectivity index (χ1n) is 7.16. The number of benzene rings is 1. The van der Waals surface area contributed by atoms with Crippen LogP contribution in [-0.4, -0.2) is 33.2 Å². The molecule has 0 unspecified atom stereocenters. The molecule has 4 nitrogen and oxygen atoms in total. The van der Waals surface area contributed by atoms with E-state index >= 15 is 0 Å². The molecule has 4 rings (SSSR count). The molecule has 2 N–H and O–H groups in total. The predicted octanol–water partition coefficient (Wildman–Crippen LogP) is 2.88. The Hall–Kier alpha value is -2.07. The van der Waals surface area contributed by atoms with Crippen molar-refractivity contribution in [2.75, 3.05) is 13.1 Å². The molecule has 20 heavy (non-hydrogen) atoms. The summed E-state index contributed by atoms with van der Waals surface area (Å²) in [6.07, 6.45) is 5.06. The number of fused-ring (bicyclic) bond motifs is 1. The molecular weight excluding hydrogens is 248 g/mol. The summed E-state index contributed by atoms with van der Waals surface area (Å²) < 4.78 is 0. The number of aromatic nitrogens is 3. The zero-order chi connectivity index (χ0) is 13.4. The van der Waals surface area contributed by atoms with Crippen molar-refractivity contribution in [3.05, 3.63) is 54.0 Å². The van der Waals surface area contributed by atoms with Crippen molar-refractivity contribution in [3.63, 3.8) is 0 Å². The minimum absolute atomic E-state index is 0.603. The van der Waals surface area contributed by atoms with E-state index in [1.807, 2.05) is 12.4 Å². The second-order valence-corrected chi connectivity index (χ2v) is 5.63. The highest BCUT2D eigenvalue weighted by Gasteiger charge is 2.24. The lowest BCUT2D eigenvalue weighted by molar-refractivity contribution is 0.326. The Balaban J connectivity index is 1.47. The first kappa shape index (κ1) is 11.7. The third kappa shape index (κ3) is 2.12. The molecule has 0 amide bonds. The van der Waals surface area contributed by atoms with Crippen LogP contribution >= 0.6 is 0 Å². The van der Waals surface area contributed by atoms with E-state index in [1.54, 1.807) is 0 Å². The van der Waals surface area contributed by atoms with Gasteiger partial charge in [-0.1, -0.05) is 12.1 Å². The van der Waals surface area contributed by atoms with Gasteiger partial charge in [0, 0.05) is 42.6 Å². The molecule has 1 aromatic carbocycles. The lowest BCUT2D eigenvalue weighted by Gasteiger charge is -2.15. The largest absolute Gasteiger partial charge is 0.361 e. The first-order chi connectivity index (χ1) is 9.88. The Labute approximate surface area is 117 Å². The van der Waals surface area contributed by atoms with Crippen LogP contribution < -0.4 is 0 Å².